The van der Waals surface area contributed by atoms with Crippen molar-refractivity contribution >= 4 is 10.0 Å². The lowest BCUT2D eigenvalue weighted by atomic mass is 10.1. The van der Waals surface area contributed by atoms with Crippen LogP contribution in [-0.4, -0.2) is 31.4 Å². The van der Waals surface area contributed by atoms with Gasteiger partial charge in [0.2, 0.25) is 10.0 Å². The lowest BCUT2D eigenvalue weighted by Crippen LogP contribution is -2.31. The molecule has 106 valence electrons. The Bertz CT molecular complexity index is 641. The highest BCUT2D eigenvalue weighted by Gasteiger charge is 2.23. The van der Waals surface area contributed by atoms with Crippen LogP contribution in [0.25, 0.3) is 0 Å². The molecule has 0 aliphatic rings. The monoisotopic (exact) mass is 291 g/mol. The maximum absolute atomic E-state index is 12.3. The summed E-state index contributed by atoms with van der Waals surface area (Å²) < 4.78 is 25.8. The highest BCUT2D eigenvalue weighted by molar-refractivity contribution is 7.89. The smallest absolute Gasteiger partial charge is 0.242 e. The molecule has 0 aliphatic heterocycles. The standard InChI is InChI=1S/C15H17NO3S/c1-16(12-15(17)13-8-4-2-5-9-13)20(18,19)14-10-6-3-7-11-14/h2-11,15,17H,12H2,1H3. The van der Waals surface area contributed by atoms with Crippen LogP contribution in [-0.2, 0) is 10.0 Å². The fraction of sp³-hybridized carbons (Fsp3) is 0.200. The molecule has 20 heavy (non-hydrogen) atoms. The lowest BCUT2D eigenvalue weighted by Gasteiger charge is -2.20. The number of benzene rings is 2. The van der Waals surface area contributed by atoms with Gasteiger partial charge >= 0.3 is 0 Å². The van der Waals surface area contributed by atoms with E-state index >= 15 is 0 Å². The normalized spacial score (nSPS) is 13.3. The van der Waals surface area contributed by atoms with Gasteiger partial charge in [-0.2, -0.15) is 4.31 Å². The van der Waals surface area contributed by atoms with Crippen molar-refractivity contribution in [1.29, 1.82) is 0 Å². The van der Waals surface area contributed by atoms with Gasteiger partial charge in [0, 0.05) is 13.6 Å². The predicted octanol–water partition coefficient (Wildman–Crippen LogP) is 2.04. The number of nitrogens with zero attached hydrogens (tertiary/aromatic N) is 1. The number of likely N-dealkylation sites (N-methyl/N-ethyl adjacent to an activating group) is 1. The molecule has 0 saturated heterocycles. The summed E-state index contributed by atoms with van der Waals surface area (Å²) in [5.74, 6) is 0. The Morgan fingerprint density at radius 2 is 1.50 bits per heavy atom. The summed E-state index contributed by atoms with van der Waals surface area (Å²) in [6.07, 6.45) is -0.848. The van der Waals surface area contributed by atoms with Gasteiger partial charge in [0.25, 0.3) is 0 Å². The van der Waals surface area contributed by atoms with Crippen molar-refractivity contribution in [1.82, 2.24) is 4.31 Å². The van der Waals surface area contributed by atoms with Gasteiger partial charge in [-0.1, -0.05) is 48.5 Å². The number of hydrogen-bond donors (Lipinski definition) is 1. The van der Waals surface area contributed by atoms with Gasteiger partial charge in [-0.25, -0.2) is 8.42 Å². The second-order valence-corrected chi connectivity index (χ2v) is 6.57. The van der Waals surface area contributed by atoms with Crippen molar-refractivity contribution in [3.8, 4) is 0 Å². The zero-order chi connectivity index (χ0) is 14.6. The molecule has 0 aromatic heterocycles. The predicted molar refractivity (Wildman–Crippen MR) is 77.7 cm³/mol. The molecule has 1 unspecified atom stereocenters. The first-order valence-electron chi connectivity index (χ1n) is 6.26. The average molecular weight is 291 g/mol. The van der Waals surface area contributed by atoms with E-state index in [9.17, 15) is 13.5 Å². The van der Waals surface area contributed by atoms with Crippen molar-refractivity contribution in [3.05, 3.63) is 66.2 Å². The Balaban J connectivity index is 2.14. The molecule has 0 bridgehead atoms. The third-order valence-corrected chi connectivity index (χ3v) is 4.90. The number of rotatable bonds is 5. The zero-order valence-corrected chi connectivity index (χ0v) is 12.0. The molecule has 2 rings (SSSR count). The van der Waals surface area contributed by atoms with Gasteiger partial charge in [0.15, 0.2) is 0 Å². The van der Waals surface area contributed by atoms with Gasteiger partial charge in [0.05, 0.1) is 11.0 Å². The molecule has 0 amide bonds. The summed E-state index contributed by atoms with van der Waals surface area (Å²) in [7, 11) is -2.10. The van der Waals surface area contributed by atoms with E-state index in [0.717, 1.165) is 0 Å². The first-order chi connectivity index (χ1) is 9.51. The quantitative estimate of drug-likeness (QED) is 0.917. The molecule has 0 heterocycles. The molecule has 1 atom stereocenters. The second kappa shape index (κ2) is 6.17. The van der Waals surface area contributed by atoms with Gasteiger partial charge in [-0.3, -0.25) is 0 Å². The van der Waals surface area contributed by atoms with Crippen LogP contribution in [0.15, 0.2) is 65.6 Å². The van der Waals surface area contributed by atoms with E-state index in [1.165, 1.54) is 11.4 Å². The molecule has 0 spiro atoms. The van der Waals surface area contributed by atoms with Crippen LogP contribution in [0, 0.1) is 0 Å². The van der Waals surface area contributed by atoms with E-state index in [0.29, 0.717) is 5.56 Å². The molecule has 0 radical (unpaired) electrons. The maximum Gasteiger partial charge on any atom is 0.242 e. The third kappa shape index (κ3) is 3.25. The van der Waals surface area contributed by atoms with Gasteiger partial charge in [0.1, 0.15) is 0 Å². The van der Waals surface area contributed by atoms with Crippen molar-refractivity contribution in [2.24, 2.45) is 0 Å². The molecule has 0 saturated carbocycles. The molecule has 0 aliphatic carbocycles. The van der Waals surface area contributed by atoms with E-state index < -0.39 is 16.1 Å². The minimum absolute atomic E-state index is 0.0151. The molecule has 5 heteroatoms. The fourth-order valence-corrected chi connectivity index (χ4v) is 3.09. The van der Waals surface area contributed by atoms with Crippen LogP contribution in [0.3, 0.4) is 0 Å². The van der Waals surface area contributed by atoms with Crippen molar-refractivity contribution in [2.75, 3.05) is 13.6 Å². The molecule has 2 aromatic carbocycles. The van der Waals surface area contributed by atoms with Crippen molar-refractivity contribution < 1.29 is 13.5 Å². The Kier molecular flexibility index (Phi) is 4.54. The summed E-state index contributed by atoms with van der Waals surface area (Å²) in [6, 6.07) is 17.2. The van der Waals surface area contributed by atoms with E-state index in [-0.39, 0.29) is 11.4 Å². The maximum atomic E-state index is 12.3. The molecular weight excluding hydrogens is 274 g/mol. The molecular formula is C15H17NO3S. The van der Waals surface area contributed by atoms with E-state index in [1.807, 2.05) is 18.2 Å². The van der Waals surface area contributed by atoms with Crippen molar-refractivity contribution in [2.45, 2.75) is 11.0 Å². The minimum atomic E-state index is -3.57. The number of hydrogen-bond acceptors (Lipinski definition) is 3. The van der Waals surface area contributed by atoms with Crippen LogP contribution in [0.2, 0.25) is 0 Å². The zero-order valence-electron chi connectivity index (χ0n) is 11.2. The highest BCUT2D eigenvalue weighted by atomic mass is 32.2. The van der Waals surface area contributed by atoms with Crippen LogP contribution >= 0.6 is 0 Å². The Morgan fingerprint density at radius 3 is 2.05 bits per heavy atom. The second-order valence-electron chi connectivity index (χ2n) is 4.53. The average Bonchev–Trinajstić information content (AvgIpc) is 2.49. The molecule has 2 aromatic rings. The third-order valence-electron chi connectivity index (χ3n) is 3.07. The summed E-state index contributed by atoms with van der Waals surface area (Å²) in [5.41, 5.74) is 0.697. The first-order valence-corrected chi connectivity index (χ1v) is 7.70. The summed E-state index contributed by atoms with van der Waals surface area (Å²) in [4.78, 5) is 0.225. The molecule has 1 N–H and O–H groups in total. The highest BCUT2D eigenvalue weighted by Crippen LogP contribution is 2.18. The SMILES string of the molecule is CN(CC(O)c1ccccc1)S(=O)(=O)c1ccccc1. The minimum Gasteiger partial charge on any atom is -0.387 e. The Labute approximate surface area is 119 Å². The lowest BCUT2D eigenvalue weighted by molar-refractivity contribution is 0.155. The first kappa shape index (κ1) is 14.7. The fourth-order valence-electron chi connectivity index (χ4n) is 1.89. The van der Waals surface area contributed by atoms with Crippen LogP contribution < -0.4 is 0 Å². The summed E-state index contributed by atoms with van der Waals surface area (Å²) >= 11 is 0. The largest absolute Gasteiger partial charge is 0.387 e. The molecule has 0 fully saturated rings. The number of sulfonamides is 1. The van der Waals surface area contributed by atoms with Gasteiger partial charge in [-0.05, 0) is 17.7 Å². The van der Waals surface area contributed by atoms with E-state index in [2.05, 4.69) is 0 Å². The van der Waals surface area contributed by atoms with Gasteiger partial charge < -0.3 is 5.11 Å². The summed E-state index contributed by atoms with van der Waals surface area (Å²) in [5, 5.41) is 10.1. The van der Waals surface area contributed by atoms with Gasteiger partial charge in [-0.15, -0.1) is 0 Å². The van der Waals surface area contributed by atoms with Crippen molar-refractivity contribution in [3.63, 3.8) is 0 Å². The Hall–Kier alpha value is -1.69. The van der Waals surface area contributed by atoms with E-state index in [4.69, 9.17) is 0 Å². The van der Waals surface area contributed by atoms with E-state index in [1.54, 1.807) is 42.5 Å². The van der Waals surface area contributed by atoms with Crippen LogP contribution in [0.4, 0.5) is 0 Å². The number of aliphatic hydroxyl groups is 1. The Morgan fingerprint density at radius 1 is 1.00 bits per heavy atom. The number of aliphatic hydroxyl groups excluding tert-OH is 1. The topological polar surface area (TPSA) is 57.6 Å². The van der Waals surface area contributed by atoms with Crippen LogP contribution in [0.1, 0.15) is 11.7 Å². The summed E-state index contributed by atoms with van der Waals surface area (Å²) in [6.45, 7) is 0.0151. The molecule has 4 nitrogen and oxygen atoms in total. The van der Waals surface area contributed by atoms with Crippen LogP contribution in [0.5, 0.6) is 0 Å².